The summed E-state index contributed by atoms with van der Waals surface area (Å²) in [6.07, 6.45) is 0.898. The number of aryl methyl sites for hydroxylation is 1. The molecule has 30 heavy (non-hydrogen) atoms. The third-order valence-corrected chi connectivity index (χ3v) is 6.48. The molecule has 1 aromatic carbocycles. The SMILES string of the molecule is CCOC(=O)c1c(C)[nH]c(C(=O)CSc2nnc(NCCc3ccccc3)s2)c1C. The monoisotopic (exact) mass is 444 g/mol. The van der Waals surface area contributed by atoms with E-state index in [1.165, 1.54) is 28.7 Å². The number of carbonyl (C=O) groups excluding carboxylic acids is 2. The summed E-state index contributed by atoms with van der Waals surface area (Å²) >= 11 is 2.76. The maximum atomic E-state index is 12.7. The van der Waals surface area contributed by atoms with Crippen LogP contribution >= 0.6 is 23.1 Å². The maximum absolute atomic E-state index is 12.7. The lowest BCUT2D eigenvalue weighted by atomic mass is 10.1. The molecule has 0 amide bonds. The molecule has 0 unspecified atom stereocenters. The fourth-order valence-electron chi connectivity index (χ4n) is 3.04. The molecule has 0 saturated carbocycles. The summed E-state index contributed by atoms with van der Waals surface area (Å²) in [4.78, 5) is 27.8. The highest BCUT2D eigenvalue weighted by Crippen LogP contribution is 2.27. The van der Waals surface area contributed by atoms with Gasteiger partial charge in [0.2, 0.25) is 5.13 Å². The van der Waals surface area contributed by atoms with E-state index in [4.69, 9.17) is 4.74 Å². The molecule has 0 aliphatic carbocycles. The van der Waals surface area contributed by atoms with Crippen molar-refractivity contribution in [2.45, 2.75) is 31.5 Å². The number of nitrogens with one attached hydrogen (secondary N) is 2. The zero-order chi connectivity index (χ0) is 21.5. The number of aromatic amines is 1. The molecule has 2 N–H and O–H groups in total. The summed E-state index contributed by atoms with van der Waals surface area (Å²) in [5.41, 5.74) is 3.39. The fourth-order valence-corrected chi connectivity index (χ4v) is 4.69. The van der Waals surface area contributed by atoms with Crippen molar-refractivity contribution in [2.75, 3.05) is 24.2 Å². The number of anilines is 1. The Morgan fingerprint density at radius 3 is 2.70 bits per heavy atom. The van der Waals surface area contributed by atoms with Gasteiger partial charge in [-0.15, -0.1) is 10.2 Å². The number of thioether (sulfide) groups is 1. The van der Waals surface area contributed by atoms with Crippen LogP contribution in [0.1, 0.15) is 44.6 Å². The van der Waals surface area contributed by atoms with Crippen LogP contribution < -0.4 is 5.32 Å². The largest absolute Gasteiger partial charge is 0.462 e. The van der Waals surface area contributed by atoms with Gasteiger partial charge in [-0.1, -0.05) is 53.4 Å². The van der Waals surface area contributed by atoms with Crippen LogP contribution in [0, 0.1) is 13.8 Å². The van der Waals surface area contributed by atoms with Gasteiger partial charge in [-0.3, -0.25) is 4.79 Å². The summed E-state index contributed by atoms with van der Waals surface area (Å²) in [6, 6.07) is 10.2. The third kappa shape index (κ3) is 5.48. The number of aromatic nitrogens is 3. The van der Waals surface area contributed by atoms with Crippen molar-refractivity contribution >= 4 is 40.0 Å². The number of hydrogen-bond donors (Lipinski definition) is 2. The van der Waals surface area contributed by atoms with Gasteiger partial charge in [0.15, 0.2) is 10.1 Å². The van der Waals surface area contributed by atoms with E-state index in [9.17, 15) is 9.59 Å². The Kier molecular flexibility index (Phi) is 7.64. The fraction of sp³-hybridized carbons (Fsp3) is 0.333. The van der Waals surface area contributed by atoms with Gasteiger partial charge in [0, 0.05) is 12.2 Å². The first-order valence-corrected chi connectivity index (χ1v) is 11.4. The van der Waals surface area contributed by atoms with Crippen LogP contribution in [-0.4, -0.2) is 45.8 Å². The number of benzene rings is 1. The van der Waals surface area contributed by atoms with E-state index in [0.29, 0.717) is 29.1 Å². The molecule has 0 saturated heterocycles. The van der Waals surface area contributed by atoms with E-state index in [1.54, 1.807) is 20.8 Å². The smallest absolute Gasteiger partial charge is 0.340 e. The first kappa shape index (κ1) is 22.0. The minimum absolute atomic E-state index is 0.0927. The van der Waals surface area contributed by atoms with E-state index in [0.717, 1.165) is 22.4 Å². The van der Waals surface area contributed by atoms with Gasteiger partial charge in [-0.2, -0.15) is 0 Å². The lowest BCUT2D eigenvalue weighted by Crippen LogP contribution is -2.08. The Labute approximate surface area is 183 Å². The molecule has 0 aliphatic heterocycles. The number of nitrogens with zero attached hydrogens (tertiary/aromatic N) is 2. The topological polar surface area (TPSA) is 97.0 Å². The Morgan fingerprint density at radius 2 is 1.97 bits per heavy atom. The first-order valence-electron chi connectivity index (χ1n) is 9.63. The van der Waals surface area contributed by atoms with Crippen LogP contribution in [0.2, 0.25) is 0 Å². The van der Waals surface area contributed by atoms with E-state index in [2.05, 4.69) is 32.6 Å². The first-order chi connectivity index (χ1) is 14.5. The quantitative estimate of drug-likeness (QED) is 0.273. The van der Waals surface area contributed by atoms with Crippen LogP contribution in [0.5, 0.6) is 0 Å². The zero-order valence-corrected chi connectivity index (χ0v) is 18.8. The van der Waals surface area contributed by atoms with Crippen LogP contribution in [0.25, 0.3) is 0 Å². The molecule has 3 aromatic rings. The maximum Gasteiger partial charge on any atom is 0.340 e. The van der Waals surface area contributed by atoms with E-state index in [-0.39, 0.29) is 11.5 Å². The van der Waals surface area contributed by atoms with Crippen molar-refractivity contribution in [2.24, 2.45) is 0 Å². The average molecular weight is 445 g/mol. The molecule has 0 spiro atoms. The van der Waals surface area contributed by atoms with Gasteiger partial charge in [0.1, 0.15) is 0 Å². The number of ether oxygens (including phenoxy) is 1. The van der Waals surface area contributed by atoms with Gasteiger partial charge >= 0.3 is 5.97 Å². The molecule has 0 bridgehead atoms. The predicted molar refractivity (Wildman–Crippen MR) is 120 cm³/mol. The highest BCUT2D eigenvalue weighted by atomic mass is 32.2. The second kappa shape index (κ2) is 10.4. The Bertz CT molecular complexity index is 1010. The molecular weight excluding hydrogens is 420 g/mol. The van der Waals surface area contributed by atoms with E-state index < -0.39 is 5.97 Å². The van der Waals surface area contributed by atoms with Gasteiger partial charge in [-0.05, 0) is 38.3 Å². The minimum atomic E-state index is -0.411. The van der Waals surface area contributed by atoms with Crippen molar-refractivity contribution in [3.05, 3.63) is 58.4 Å². The molecule has 0 radical (unpaired) electrons. The van der Waals surface area contributed by atoms with Crippen molar-refractivity contribution in [1.82, 2.24) is 15.2 Å². The number of esters is 1. The molecule has 2 heterocycles. The van der Waals surface area contributed by atoms with Crippen molar-refractivity contribution in [3.8, 4) is 0 Å². The summed E-state index contributed by atoms with van der Waals surface area (Å²) in [5, 5.41) is 12.3. The van der Waals surface area contributed by atoms with Crippen molar-refractivity contribution in [3.63, 3.8) is 0 Å². The molecule has 7 nitrogen and oxygen atoms in total. The normalized spacial score (nSPS) is 10.8. The highest BCUT2D eigenvalue weighted by molar-refractivity contribution is 8.01. The molecule has 0 atom stereocenters. The van der Waals surface area contributed by atoms with Gasteiger partial charge in [0.05, 0.1) is 23.6 Å². The minimum Gasteiger partial charge on any atom is -0.462 e. The van der Waals surface area contributed by atoms with Gasteiger partial charge in [-0.25, -0.2) is 4.79 Å². The molecule has 9 heteroatoms. The standard InChI is InChI=1S/C21H24N4O3S2/c1-4-28-19(27)17-13(2)18(23-14(17)3)16(26)12-29-21-25-24-20(30-21)22-11-10-15-8-6-5-7-9-15/h5-9,23H,4,10-12H2,1-3H3,(H,22,24). The lowest BCUT2D eigenvalue weighted by molar-refractivity contribution is 0.0525. The van der Waals surface area contributed by atoms with Crippen LogP contribution in [0.3, 0.4) is 0 Å². The summed E-state index contributed by atoms with van der Waals surface area (Å²) in [6.45, 7) is 6.33. The second-order valence-electron chi connectivity index (χ2n) is 6.59. The van der Waals surface area contributed by atoms with Gasteiger partial charge < -0.3 is 15.0 Å². The number of hydrogen-bond acceptors (Lipinski definition) is 8. The molecule has 2 aromatic heterocycles. The average Bonchev–Trinajstić information content (AvgIpc) is 3.31. The van der Waals surface area contributed by atoms with E-state index >= 15 is 0 Å². The molecule has 0 fully saturated rings. The number of H-pyrrole nitrogens is 1. The number of carbonyl (C=O) groups is 2. The molecule has 0 aliphatic rings. The third-order valence-electron chi connectivity index (χ3n) is 4.46. The second-order valence-corrected chi connectivity index (χ2v) is 8.79. The van der Waals surface area contributed by atoms with E-state index in [1.807, 2.05) is 18.2 Å². The molecule has 158 valence electrons. The number of ketones is 1. The predicted octanol–water partition coefficient (Wildman–Crippen LogP) is 4.29. The zero-order valence-electron chi connectivity index (χ0n) is 17.2. The Balaban J connectivity index is 1.53. The van der Waals surface area contributed by atoms with Crippen molar-refractivity contribution < 1.29 is 14.3 Å². The van der Waals surface area contributed by atoms with Crippen molar-refractivity contribution in [1.29, 1.82) is 0 Å². The molecular formula is C21H24N4O3S2. The highest BCUT2D eigenvalue weighted by Gasteiger charge is 2.23. The summed E-state index contributed by atoms with van der Waals surface area (Å²) in [7, 11) is 0. The Morgan fingerprint density at radius 1 is 1.20 bits per heavy atom. The summed E-state index contributed by atoms with van der Waals surface area (Å²) in [5.74, 6) is -0.294. The number of Topliss-reactive ketones (excluding diaryl/α,β-unsaturated/α-hetero) is 1. The summed E-state index contributed by atoms with van der Waals surface area (Å²) < 4.78 is 5.80. The van der Waals surface area contributed by atoms with Crippen LogP contribution in [0.15, 0.2) is 34.7 Å². The van der Waals surface area contributed by atoms with Crippen LogP contribution in [-0.2, 0) is 11.2 Å². The lowest BCUT2D eigenvalue weighted by Gasteiger charge is -2.02. The van der Waals surface area contributed by atoms with Crippen LogP contribution in [0.4, 0.5) is 5.13 Å². The van der Waals surface area contributed by atoms with Gasteiger partial charge in [0.25, 0.3) is 0 Å². The molecule has 3 rings (SSSR count). The Hall–Kier alpha value is -2.65. The number of rotatable bonds is 10.